The monoisotopic (exact) mass is 452 g/mol. The third kappa shape index (κ3) is 3.56. The SMILES string of the molecule is Cc1cccc(-c2nc3n(n2)C(c2ccc(Cl)c(Cl)c2)C2=C(CC(C)(C)CC2=O)N3)c1. The molecule has 5 rings (SSSR count). The number of aromatic nitrogens is 3. The Morgan fingerprint density at radius 3 is 2.65 bits per heavy atom. The van der Waals surface area contributed by atoms with Crippen LogP contribution in [0.25, 0.3) is 11.4 Å². The number of aryl methyl sites for hydroxylation is 1. The van der Waals surface area contributed by atoms with Gasteiger partial charge in [-0.3, -0.25) is 4.79 Å². The predicted molar refractivity (Wildman–Crippen MR) is 123 cm³/mol. The molecular formula is C24H22Cl2N4O. The third-order valence-electron chi connectivity index (χ3n) is 5.87. The largest absolute Gasteiger partial charge is 0.328 e. The molecule has 2 aromatic carbocycles. The summed E-state index contributed by atoms with van der Waals surface area (Å²) in [4.78, 5) is 18.1. The van der Waals surface area contributed by atoms with Gasteiger partial charge in [0.15, 0.2) is 11.6 Å². The van der Waals surface area contributed by atoms with Gasteiger partial charge in [-0.05, 0) is 42.5 Å². The normalized spacial score (nSPS) is 19.6. The Morgan fingerprint density at radius 1 is 1.10 bits per heavy atom. The molecule has 0 saturated carbocycles. The molecule has 0 fully saturated rings. The summed E-state index contributed by atoms with van der Waals surface area (Å²) in [6.07, 6.45) is 1.25. The molecule has 31 heavy (non-hydrogen) atoms. The Balaban J connectivity index is 1.70. The maximum absolute atomic E-state index is 13.3. The van der Waals surface area contributed by atoms with Crippen LogP contribution in [0.5, 0.6) is 0 Å². The molecule has 2 aliphatic rings. The first-order valence-electron chi connectivity index (χ1n) is 10.2. The van der Waals surface area contributed by atoms with Crippen LogP contribution >= 0.6 is 23.2 Å². The number of benzene rings is 2. The smallest absolute Gasteiger partial charge is 0.226 e. The number of Topliss-reactive ketones (excluding diaryl/α,β-unsaturated/α-hetero) is 1. The van der Waals surface area contributed by atoms with Crippen LogP contribution in [-0.2, 0) is 4.79 Å². The minimum Gasteiger partial charge on any atom is -0.328 e. The Hall–Kier alpha value is -2.63. The van der Waals surface area contributed by atoms with Crippen LogP contribution in [0, 0.1) is 12.3 Å². The molecule has 1 N–H and O–H groups in total. The molecule has 2 heterocycles. The van der Waals surface area contributed by atoms with Gasteiger partial charge in [0.05, 0.1) is 10.0 Å². The van der Waals surface area contributed by atoms with Crippen molar-refractivity contribution in [2.24, 2.45) is 5.41 Å². The first-order valence-corrected chi connectivity index (χ1v) is 11.0. The lowest BCUT2D eigenvalue weighted by Crippen LogP contribution is -2.36. The minimum absolute atomic E-state index is 0.118. The predicted octanol–water partition coefficient (Wildman–Crippen LogP) is 6.22. The highest BCUT2D eigenvalue weighted by atomic mass is 35.5. The second-order valence-corrected chi connectivity index (χ2v) is 9.92. The molecule has 0 spiro atoms. The van der Waals surface area contributed by atoms with Gasteiger partial charge in [0.1, 0.15) is 6.04 Å². The van der Waals surface area contributed by atoms with Crippen molar-refractivity contribution in [1.82, 2.24) is 14.8 Å². The number of anilines is 1. The van der Waals surface area contributed by atoms with Crippen LogP contribution in [0.2, 0.25) is 10.0 Å². The van der Waals surface area contributed by atoms with E-state index in [2.05, 4.69) is 25.2 Å². The van der Waals surface area contributed by atoms with Gasteiger partial charge in [0, 0.05) is 23.3 Å². The summed E-state index contributed by atoms with van der Waals surface area (Å²) in [5.74, 6) is 1.35. The van der Waals surface area contributed by atoms with Gasteiger partial charge in [-0.15, -0.1) is 5.10 Å². The summed E-state index contributed by atoms with van der Waals surface area (Å²) in [6, 6.07) is 13.1. The number of carbonyl (C=O) groups is 1. The topological polar surface area (TPSA) is 59.8 Å². The van der Waals surface area contributed by atoms with Crippen LogP contribution < -0.4 is 5.32 Å². The van der Waals surface area contributed by atoms with E-state index in [0.717, 1.165) is 34.4 Å². The van der Waals surface area contributed by atoms with E-state index in [4.69, 9.17) is 33.3 Å². The van der Waals surface area contributed by atoms with Gasteiger partial charge in [-0.25, -0.2) is 4.68 Å². The molecule has 1 aliphatic heterocycles. The molecule has 7 heteroatoms. The minimum atomic E-state index is -0.407. The summed E-state index contributed by atoms with van der Waals surface area (Å²) in [5, 5.41) is 9.14. The lowest BCUT2D eigenvalue weighted by Gasteiger charge is -2.38. The quantitative estimate of drug-likeness (QED) is 0.501. The number of ketones is 1. The number of fused-ring (bicyclic) bond motifs is 1. The third-order valence-corrected chi connectivity index (χ3v) is 6.61. The van der Waals surface area contributed by atoms with Crippen molar-refractivity contribution in [3.63, 3.8) is 0 Å². The molecule has 1 unspecified atom stereocenters. The fraction of sp³-hybridized carbons (Fsp3) is 0.292. The highest BCUT2D eigenvalue weighted by molar-refractivity contribution is 6.42. The van der Waals surface area contributed by atoms with Crippen molar-refractivity contribution >= 4 is 34.9 Å². The van der Waals surface area contributed by atoms with Crippen molar-refractivity contribution in [1.29, 1.82) is 0 Å². The Kier molecular flexibility index (Phi) is 4.72. The second kappa shape index (κ2) is 7.21. The lowest BCUT2D eigenvalue weighted by atomic mass is 9.73. The zero-order valence-corrected chi connectivity index (χ0v) is 19.1. The number of hydrogen-bond donors (Lipinski definition) is 1. The van der Waals surface area contributed by atoms with E-state index < -0.39 is 6.04 Å². The van der Waals surface area contributed by atoms with Gasteiger partial charge in [-0.2, -0.15) is 4.98 Å². The first kappa shape index (κ1) is 20.3. The van der Waals surface area contributed by atoms with Crippen LogP contribution in [0.4, 0.5) is 5.95 Å². The van der Waals surface area contributed by atoms with Crippen LogP contribution in [0.15, 0.2) is 53.7 Å². The highest BCUT2D eigenvalue weighted by Crippen LogP contribution is 2.46. The number of nitrogens with zero attached hydrogens (tertiary/aromatic N) is 3. The number of hydrogen-bond acceptors (Lipinski definition) is 4. The van der Waals surface area contributed by atoms with Gasteiger partial charge in [0.25, 0.3) is 0 Å². The van der Waals surface area contributed by atoms with Crippen molar-refractivity contribution in [2.75, 3.05) is 5.32 Å². The molecule has 0 amide bonds. The molecule has 3 aromatic rings. The number of rotatable bonds is 2. The number of nitrogens with one attached hydrogen (secondary N) is 1. The van der Waals surface area contributed by atoms with Crippen molar-refractivity contribution in [3.05, 3.63) is 74.9 Å². The average molecular weight is 453 g/mol. The molecule has 5 nitrogen and oxygen atoms in total. The first-order chi connectivity index (χ1) is 14.7. The van der Waals surface area contributed by atoms with Crippen molar-refractivity contribution < 1.29 is 4.79 Å². The molecule has 1 aromatic heterocycles. The van der Waals surface area contributed by atoms with Crippen LogP contribution in [-0.4, -0.2) is 20.5 Å². The summed E-state index contributed by atoms with van der Waals surface area (Å²) in [6.45, 7) is 6.27. The van der Waals surface area contributed by atoms with Gasteiger partial charge in [0.2, 0.25) is 5.95 Å². The van der Waals surface area contributed by atoms with Crippen molar-refractivity contribution in [3.8, 4) is 11.4 Å². The summed E-state index contributed by atoms with van der Waals surface area (Å²) in [7, 11) is 0. The number of carbonyl (C=O) groups excluding carboxylic acids is 1. The van der Waals surface area contributed by atoms with Gasteiger partial charge < -0.3 is 5.32 Å². The molecule has 0 saturated heterocycles. The number of allylic oxidation sites excluding steroid dienone is 2. The van der Waals surface area contributed by atoms with E-state index in [0.29, 0.717) is 28.2 Å². The Bertz CT molecular complexity index is 1260. The molecular weight excluding hydrogens is 431 g/mol. The Labute approximate surface area is 191 Å². The maximum Gasteiger partial charge on any atom is 0.226 e. The summed E-state index contributed by atoms with van der Waals surface area (Å²) < 4.78 is 1.80. The Morgan fingerprint density at radius 2 is 1.90 bits per heavy atom. The van der Waals surface area contributed by atoms with E-state index in [1.54, 1.807) is 10.7 Å². The second-order valence-electron chi connectivity index (χ2n) is 9.11. The number of halogens is 2. The van der Waals surface area contributed by atoms with E-state index in [-0.39, 0.29) is 11.2 Å². The van der Waals surface area contributed by atoms with E-state index in [9.17, 15) is 4.79 Å². The summed E-state index contributed by atoms with van der Waals surface area (Å²) >= 11 is 12.5. The van der Waals surface area contributed by atoms with E-state index >= 15 is 0 Å². The van der Waals surface area contributed by atoms with Crippen LogP contribution in [0.3, 0.4) is 0 Å². The fourth-order valence-electron chi connectivity index (χ4n) is 4.51. The molecule has 158 valence electrons. The maximum atomic E-state index is 13.3. The zero-order valence-electron chi connectivity index (χ0n) is 17.5. The lowest BCUT2D eigenvalue weighted by molar-refractivity contribution is -0.118. The van der Waals surface area contributed by atoms with Gasteiger partial charge >= 0.3 is 0 Å². The molecule has 1 atom stereocenters. The molecule has 0 radical (unpaired) electrons. The summed E-state index contributed by atoms with van der Waals surface area (Å²) in [5.41, 5.74) is 4.44. The molecule has 0 bridgehead atoms. The zero-order chi connectivity index (χ0) is 21.9. The van der Waals surface area contributed by atoms with Crippen molar-refractivity contribution in [2.45, 2.75) is 39.7 Å². The van der Waals surface area contributed by atoms with Crippen LogP contribution in [0.1, 0.15) is 43.9 Å². The average Bonchev–Trinajstić information content (AvgIpc) is 3.11. The van der Waals surface area contributed by atoms with E-state index in [1.807, 2.05) is 37.3 Å². The highest BCUT2D eigenvalue weighted by Gasteiger charge is 2.42. The fourth-order valence-corrected chi connectivity index (χ4v) is 4.81. The molecule has 1 aliphatic carbocycles. The standard InChI is InChI=1S/C24H22Cl2N4O/c1-13-5-4-6-15(9-13)22-28-23-27-18-11-24(2,3)12-19(31)20(18)21(30(23)29-22)14-7-8-16(25)17(26)10-14/h4-10,21H,11-12H2,1-3H3,(H,27,28,29). The van der Waals surface area contributed by atoms with Gasteiger partial charge in [-0.1, -0.05) is 66.9 Å². The van der Waals surface area contributed by atoms with E-state index in [1.165, 1.54) is 0 Å².